The number of rotatable bonds is 6. The van der Waals surface area contributed by atoms with Crippen LogP contribution in [0.15, 0.2) is 36.4 Å². The van der Waals surface area contributed by atoms with E-state index in [0.717, 1.165) is 42.7 Å². The molecule has 180 valence electrons. The van der Waals surface area contributed by atoms with Gasteiger partial charge in [-0.1, -0.05) is 18.9 Å². The predicted molar refractivity (Wildman–Crippen MR) is 130 cm³/mol. The van der Waals surface area contributed by atoms with Crippen LogP contribution in [0.2, 0.25) is 0 Å². The summed E-state index contributed by atoms with van der Waals surface area (Å²) in [5, 5.41) is 2.90. The van der Waals surface area contributed by atoms with Crippen molar-refractivity contribution in [1.82, 2.24) is 0 Å². The van der Waals surface area contributed by atoms with Crippen molar-refractivity contribution in [3.63, 3.8) is 0 Å². The maximum absolute atomic E-state index is 13.3. The smallest absolute Gasteiger partial charge is 0.317 e. The number of nitrogens with zero attached hydrogens (tertiary/aromatic N) is 1. The van der Waals surface area contributed by atoms with Crippen LogP contribution in [0.4, 0.5) is 11.4 Å². The van der Waals surface area contributed by atoms with Gasteiger partial charge in [0.2, 0.25) is 0 Å². The number of hydrogen-bond acceptors (Lipinski definition) is 6. The van der Waals surface area contributed by atoms with Gasteiger partial charge in [-0.3, -0.25) is 9.59 Å². The standard InChI is InChI=1S/C27H32N2O5/c1-19-16-21(29-12-4-5-13-29)7-8-22(19)28-25(30)18-34-26(31)27(10-2-3-11-27)20-6-9-23-24(17-20)33-15-14-32-23/h6-9,16-17H,2-5,10-15,18H2,1H3,(H,28,30). The molecule has 2 fully saturated rings. The minimum Gasteiger partial charge on any atom is -0.486 e. The van der Waals surface area contributed by atoms with E-state index in [4.69, 9.17) is 14.2 Å². The molecule has 0 unspecified atom stereocenters. The maximum atomic E-state index is 13.3. The molecule has 1 N–H and O–H groups in total. The van der Waals surface area contributed by atoms with Crippen molar-refractivity contribution in [3.05, 3.63) is 47.5 Å². The molecule has 0 atom stereocenters. The summed E-state index contributed by atoms with van der Waals surface area (Å²) in [6.07, 6.45) is 5.72. The third kappa shape index (κ3) is 4.43. The molecule has 0 radical (unpaired) electrons. The maximum Gasteiger partial charge on any atom is 0.317 e. The Balaban J connectivity index is 1.23. The highest BCUT2D eigenvalue weighted by molar-refractivity contribution is 5.94. The van der Waals surface area contributed by atoms with Gasteiger partial charge < -0.3 is 24.4 Å². The Morgan fingerprint density at radius 3 is 2.44 bits per heavy atom. The fourth-order valence-electron chi connectivity index (χ4n) is 5.35. The summed E-state index contributed by atoms with van der Waals surface area (Å²) in [5.74, 6) is 0.675. The van der Waals surface area contributed by atoms with Gasteiger partial charge in [-0.25, -0.2) is 0 Å². The molecule has 7 nitrogen and oxygen atoms in total. The molecular weight excluding hydrogens is 432 g/mol. The van der Waals surface area contributed by atoms with Gasteiger partial charge in [0.15, 0.2) is 18.1 Å². The number of aryl methyl sites for hydroxylation is 1. The molecule has 3 aliphatic rings. The number of amides is 1. The van der Waals surface area contributed by atoms with Crippen LogP contribution < -0.4 is 19.7 Å². The monoisotopic (exact) mass is 464 g/mol. The Hall–Kier alpha value is -3.22. The summed E-state index contributed by atoms with van der Waals surface area (Å²) in [4.78, 5) is 28.3. The van der Waals surface area contributed by atoms with Crippen molar-refractivity contribution in [2.75, 3.05) is 43.1 Å². The first kappa shape index (κ1) is 22.6. The van der Waals surface area contributed by atoms with Gasteiger partial charge in [0, 0.05) is 24.5 Å². The van der Waals surface area contributed by atoms with E-state index in [2.05, 4.69) is 16.3 Å². The normalized spacial score (nSPS) is 18.6. The largest absolute Gasteiger partial charge is 0.486 e. The molecule has 2 aromatic carbocycles. The van der Waals surface area contributed by atoms with Crippen molar-refractivity contribution >= 4 is 23.3 Å². The molecule has 2 aromatic rings. The zero-order chi connectivity index (χ0) is 23.5. The fourth-order valence-corrected chi connectivity index (χ4v) is 5.35. The molecule has 0 aromatic heterocycles. The van der Waals surface area contributed by atoms with Crippen LogP contribution in [0, 0.1) is 6.92 Å². The average Bonchev–Trinajstić information content (AvgIpc) is 3.57. The highest BCUT2D eigenvalue weighted by Crippen LogP contribution is 2.45. The highest BCUT2D eigenvalue weighted by Gasteiger charge is 2.45. The lowest BCUT2D eigenvalue weighted by molar-refractivity contribution is -0.153. The number of anilines is 2. The number of carbonyl (C=O) groups excluding carboxylic acids is 2. The van der Waals surface area contributed by atoms with Crippen LogP contribution in [-0.4, -0.2) is 44.8 Å². The Morgan fingerprint density at radius 1 is 0.971 bits per heavy atom. The number of esters is 1. The number of hydrogen-bond donors (Lipinski definition) is 1. The highest BCUT2D eigenvalue weighted by atomic mass is 16.6. The number of ether oxygens (including phenoxy) is 3. The van der Waals surface area contributed by atoms with Gasteiger partial charge in [-0.2, -0.15) is 0 Å². The summed E-state index contributed by atoms with van der Waals surface area (Å²) in [6.45, 7) is 4.84. The molecule has 1 aliphatic carbocycles. The lowest BCUT2D eigenvalue weighted by atomic mass is 9.78. The van der Waals surface area contributed by atoms with E-state index in [0.29, 0.717) is 37.6 Å². The Labute approximate surface area is 200 Å². The van der Waals surface area contributed by atoms with Gasteiger partial charge in [0.1, 0.15) is 13.2 Å². The van der Waals surface area contributed by atoms with Gasteiger partial charge in [0.05, 0.1) is 5.41 Å². The number of nitrogens with one attached hydrogen (secondary N) is 1. The Kier molecular flexibility index (Phi) is 6.35. The Bertz CT molecular complexity index is 1070. The minimum atomic E-state index is -0.747. The zero-order valence-electron chi connectivity index (χ0n) is 19.7. The fraction of sp³-hybridized carbons (Fsp3) is 0.481. The van der Waals surface area contributed by atoms with Crippen LogP contribution in [-0.2, 0) is 19.7 Å². The van der Waals surface area contributed by atoms with Crippen LogP contribution >= 0.6 is 0 Å². The quantitative estimate of drug-likeness (QED) is 0.640. The average molecular weight is 465 g/mol. The molecule has 34 heavy (non-hydrogen) atoms. The first-order valence-electron chi connectivity index (χ1n) is 12.3. The van der Waals surface area contributed by atoms with Gasteiger partial charge in [-0.05, 0) is 74.1 Å². The summed E-state index contributed by atoms with van der Waals surface area (Å²) in [7, 11) is 0. The zero-order valence-corrected chi connectivity index (χ0v) is 19.7. The van der Waals surface area contributed by atoms with Gasteiger partial charge >= 0.3 is 5.97 Å². The third-order valence-electron chi connectivity index (χ3n) is 7.23. The third-order valence-corrected chi connectivity index (χ3v) is 7.23. The van der Waals surface area contributed by atoms with Crippen molar-refractivity contribution < 1.29 is 23.8 Å². The number of carbonyl (C=O) groups is 2. The molecule has 2 aliphatic heterocycles. The summed E-state index contributed by atoms with van der Waals surface area (Å²) < 4.78 is 16.9. The van der Waals surface area contributed by atoms with Gasteiger partial charge in [-0.15, -0.1) is 0 Å². The van der Waals surface area contributed by atoms with Crippen LogP contribution in [0.5, 0.6) is 11.5 Å². The Morgan fingerprint density at radius 2 is 1.71 bits per heavy atom. The lowest BCUT2D eigenvalue weighted by Crippen LogP contribution is -2.36. The van der Waals surface area contributed by atoms with E-state index in [1.54, 1.807) is 0 Å². The molecule has 0 bridgehead atoms. The van der Waals surface area contributed by atoms with Crippen molar-refractivity contribution in [3.8, 4) is 11.5 Å². The van der Waals surface area contributed by atoms with E-state index < -0.39 is 5.41 Å². The number of benzene rings is 2. The van der Waals surface area contributed by atoms with E-state index in [1.165, 1.54) is 18.5 Å². The molecule has 7 heteroatoms. The van der Waals surface area contributed by atoms with Crippen LogP contribution in [0.3, 0.4) is 0 Å². The van der Waals surface area contributed by atoms with Crippen LogP contribution in [0.25, 0.3) is 0 Å². The van der Waals surface area contributed by atoms with Crippen molar-refractivity contribution in [2.24, 2.45) is 0 Å². The summed E-state index contributed by atoms with van der Waals surface area (Å²) >= 11 is 0. The first-order chi connectivity index (χ1) is 16.5. The molecule has 1 saturated carbocycles. The van der Waals surface area contributed by atoms with Gasteiger partial charge in [0.25, 0.3) is 5.91 Å². The van der Waals surface area contributed by atoms with Crippen molar-refractivity contribution in [2.45, 2.75) is 50.9 Å². The molecule has 5 rings (SSSR count). The second-order valence-electron chi connectivity index (χ2n) is 9.47. The van der Waals surface area contributed by atoms with E-state index in [-0.39, 0.29) is 18.5 Å². The first-order valence-corrected chi connectivity index (χ1v) is 12.3. The molecular formula is C27H32N2O5. The molecule has 1 amide bonds. The minimum absolute atomic E-state index is 0.307. The van der Waals surface area contributed by atoms with E-state index in [1.807, 2.05) is 37.3 Å². The van der Waals surface area contributed by atoms with Crippen LogP contribution in [0.1, 0.15) is 49.7 Å². The second-order valence-corrected chi connectivity index (χ2v) is 9.47. The molecule has 0 spiro atoms. The summed E-state index contributed by atoms with van der Waals surface area (Å²) in [6, 6.07) is 11.7. The molecule has 2 heterocycles. The van der Waals surface area contributed by atoms with E-state index >= 15 is 0 Å². The van der Waals surface area contributed by atoms with E-state index in [9.17, 15) is 9.59 Å². The lowest BCUT2D eigenvalue weighted by Gasteiger charge is -2.28. The number of fused-ring (bicyclic) bond motifs is 1. The SMILES string of the molecule is Cc1cc(N2CCCC2)ccc1NC(=O)COC(=O)C1(c2ccc3c(c2)OCCO3)CCCC1. The molecule has 1 saturated heterocycles. The summed E-state index contributed by atoms with van der Waals surface area (Å²) in [5.41, 5.74) is 3.04. The topological polar surface area (TPSA) is 77.1 Å². The predicted octanol–water partition coefficient (Wildman–Crippen LogP) is 4.36. The van der Waals surface area contributed by atoms with Crippen molar-refractivity contribution in [1.29, 1.82) is 0 Å². The second kappa shape index (κ2) is 9.57.